The Morgan fingerprint density at radius 2 is 1.79 bits per heavy atom. The maximum absolute atomic E-state index is 13.4. The third kappa shape index (κ3) is 8.37. The molecule has 240 valence electrons. The molecule has 1 aliphatic carbocycles. The van der Waals surface area contributed by atoms with Crippen LogP contribution in [0.2, 0.25) is 5.02 Å². The number of benzene rings is 1. The van der Waals surface area contributed by atoms with Gasteiger partial charge < -0.3 is 14.8 Å². The summed E-state index contributed by atoms with van der Waals surface area (Å²) in [5.74, 6) is -2.40. The molecule has 0 atom stereocenters. The minimum atomic E-state index is -4.55. The summed E-state index contributed by atoms with van der Waals surface area (Å²) in [5, 5.41) is 5.75. The van der Waals surface area contributed by atoms with E-state index in [1.165, 1.54) is 16.8 Å². The van der Waals surface area contributed by atoms with E-state index in [0.29, 0.717) is 25.7 Å². The predicted octanol–water partition coefficient (Wildman–Crippen LogP) is 5.79. The summed E-state index contributed by atoms with van der Waals surface area (Å²) in [6.07, 6.45) is -2.59. The Kier molecular flexibility index (Phi) is 10.7. The number of carbonyl (C=O) groups excluding carboxylic acids is 2. The Hall–Kier alpha value is -2.94. The number of nitrogens with zero attached hydrogens (tertiary/aromatic N) is 2. The molecule has 1 aromatic carbocycles. The molecule has 1 aliphatic rings. The number of sulfone groups is 1. The van der Waals surface area contributed by atoms with Gasteiger partial charge in [-0.1, -0.05) is 31.5 Å². The van der Waals surface area contributed by atoms with Crippen molar-refractivity contribution < 1.29 is 49.4 Å². The molecule has 1 N–H and O–H groups in total. The van der Waals surface area contributed by atoms with E-state index in [4.69, 9.17) is 16.3 Å². The van der Waals surface area contributed by atoms with E-state index >= 15 is 0 Å². The Bertz CT molecular complexity index is 1440. The van der Waals surface area contributed by atoms with E-state index < -0.39 is 70.0 Å². The van der Waals surface area contributed by atoms with Crippen molar-refractivity contribution in [1.29, 1.82) is 0 Å². The van der Waals surface area contributed by atoms with Gasteiger partial charge >= 0.3 is 18.8 Å². The molecule has 0 unspecified atom stereocenters. The van der Waals surface area contributed by atoms with E-state index in [2.05, 4.69) is 15.2 Å². The number of halogens is 6. The SMILES string of the molecule is CCn1nc(C(=O)NCOC(=O)C2CCC(S(C)(=O)=O)CC2)c(Cl)c1-c1ccc(CC(C)(C)C(F)(F)F)cc1OC(F)F. The number of rotatable bonds is 11. The summed E-state index contributed by atoms with van der Waals surface area (Å²) >= 11 is 6.47. The van der Waals surface area contributed by atoms with Crippen LogP contribution in [0.15, 0.2) is 18.2 Å². The molecular formula is C27H33ClF5N3O6S. The molecular weight excluding hydrogens is 625 g/mol. The highest BCUT2D eigenvalue weighted by Gasteiger charge is 2.47. The molecule has 9 nitrogen and oxygen atoms in total. The molecule has 0 saturated heterocycles. The van der Waals surface area contributed by atoms with E-state index in [-0.39, 0.29) is 34.1 Å². The number of nitrogens with one attached hydrogen (secondary N) is 1. The van der Waals surface area contributed by atoms with Gasteiger partial charge in [0.1, 0.15) is 15.6 Å². The van der Waals surface area contributed by atoms with Gasteiger partial charge in [0.15, 0.2) is 12.4 Å². The van der Waals surface area contributed by atoms with Crippen molar-refractivity contribution in [3.8, 4) is 17.0 Å². The zero-order chi connectivity index (χ0) is 32.3. The molecule has 16 heteroatoms. The number of esters is 1. The number of alkyl halides is 5. The number of hydrogen-bond donors (Lipinski definition) is 1. The van der Waals surface area contributed by atoms with Crippen molar-refractivity contribution in [3.63, 3.8) is 0 Å². The van der Waals surface area contributed by atoms with Crippen LogP contribution in [0.4, 0.5) is 22.0 Å². The zero-order valence-electron chi connectivity index (χ0n) is 23.9. The molecule has 3 rings (SSSR count). The second-order valence-electron chi connectivity index (χ2n) is 11.0. The monoisotopic (exact) mass is 657 g/mol. The van der Waals surface area contributed by atoms with Crippen LogP contribution < -0.4 is 10.1 Å². The molecule has 2 aromatic rings. The second kappa shape index (κ2) is 13.4. The van der Waals surface area contributed by atoms with Crippen LogP contribution in [-0.2, 0) is 32.3 Å². The highest BCUT2D eigenvalue weighted by atomic mass is 35.5. The lowest BCUT2D eigenvalue weighted by molar-refractivity contribution is -0.211. The van der Waals surface area contributed by atoms with Crippen LogP contribution >= 0.6 is 11.6 Å². The van der Waals surface area contributed by atoms with Gasteiger partial charge in [0.05, 0.1) is 27.3 Å². The average Bonchev–Trinajstić information content (AvgIpc) is 3.23. The number of carbonyl (C=O) groups is 2. The van der Waals surface area contributed by atoms with Crippen LogP contribution in [0.25, 0.3) is 11.3 Å². The van der Waals surface area contributed by atoms with Crippen molar-refractivity contribution in [3.05, 3.63) is 34.5 Å². The van der Waals surface area contributed by atoms with Gasteiger partial charge in [-0.2, -0.15) is 27.1 Å². The molecule has 1 saturated carbocycles. The van der Waals surface area contributed by atoms with E-state index in [1.54, 1.807) is 6.92 Å². The molecule has 1 amide bonds. The quantitative estimate of drug-likeness (QED) is 0.185. The Morgan fingerprint density at radius 1 is 1.16 bits per heavy atom. The van der Waals surface area contributed by atoms with Gasteiger partial charge in [0.2, 0.25) is 0 Å². The molecule has 0 radical (unpaired) electrons. The van der Waals surface area contributed by atoms with Crippen LogP contribution in [0.3, 0.4) is 0 Å². The Labute approximate surface area is 251 Å². The number of ether oxygens (including phenoxy) is 2. The fraction of sp³-hybridized carbons (Fsp3) is 0.593. The predicted molar refractivity (Wildman–Crippen MR) is 148 cm³/mol. The zero-order valence-corrected chi connectivity index (χ0v) is 25.5. The molecule has 1 aromatic heterocycles. The average molecular weight is 658 g/mol. The lowest BCUT2D eigenvalue weighted by Crippen LogP contribution is -2.34. The van der Waals surface area contributed by atoms with Crippen LogP contribution in [0.1, 0.15) is 62.5 Å². The number of hydrogen-bond acceptors (Lipinski definition) is 7. The van der Waals surface area contributed by atoms with Crippen molar-refractivity contribution in [2.75, 3.05) is 13.0 Å². The molecule has 0 spiro atoms. The minimum absolute atomic E-state index is 0.0197. The van der Waals surface area contributed by atoms with Crippen molar-refractivity contribution in [2.45, 2.75) is 77.5 Å². The normalized spacial score (nSPS) is 18.0. The first-order valence-corrected chi connectivity index (χ1v) is 15.7. The van der Waals surface area contributed by atoms with Crippen molar-refractivity contribution in [2.24, 2.45) is 11.3 Å². The van der Waals surface area contributed by atoms with Crippen molar-refractivity contribution in [1.82, 2.24) is 15.1 Å². The smallest absolute Gasteiger partial charge is 0.394 e. The molecule has 1 fully saturated rings. The molecule has 1 heterocycles. The second-order valence-corrected chi connectivity index (χ2v) is 13.7. The molecule has 0 aliphatic heterocycles. The fourth-order valence-electron chi connectivity index (χ4n) is 4.85. The molecule has 43 heavy (non-hydrogen) atoms. The summed E-state index contributed by atoms with van der Waals surface area (Å²) in [5.41, 5.74) is -2.38. The van der Waals surface area contributed by atoms with Gasteiger partial charge in [-0.3, -0.25) is 14.3 Å². The Morgan fingerprint density at radius 3 is 2.33 bits per heavy atom. The lowest BCUT2D eigenvalue weighted by atomic mass is 9.84. The summed E-state index contributed by atoms with van der Waals surface area (Å²) in [7, 11) is -3.20. The van der Waals surface area contributed by atoms with Crippen LogP contribution in [0.5, 0.6) is 5.75 Å². The largest absolute Gasteiger partial charge is 0.444 e. The summed E-state index contributed by atoms with van der Waals surface area (Å²) in [6.45, 7) is -0.0857. The summed E-state index contributed by atoms with van der Waals surface area (Å²) < 4.78 is 101. The van der Waals surface area contributed by atoms with Gasteiger partial charge in [0, 0.05) is 18.4 Å². The number of amides is 1. The first kappa shape index (κ1) is 34.5. The van der Waals surface area contributed by atoms with Gasteiger partial charge in [-0.25, -0.2) is 8.42 Å². The molecule has 0 bridgehead atoms. The van der Waals surface area contributed by atoms with Gasteiger partial charge in [-0.05, 0) is 56.7 Å². The third-order valence-electron chi connectivity index (χ3n) is 7.40. The minimum Gasteiger partial charge on any atom is -0.444 e. The highest BCUT2D eigenvalue weighted by molar-refractivity contribution is 7.91. The fourth-order valence-corrected chi connectivity index (χ4v) is 6.30. The third-order valence-corrected chi connectivity index (χ3v) is 9.44. The maximum atomic E-state index is 13.4. The van der Waals surface area contributed by atoms with Crippen LogP contribution in [0, 0.1) is 11.3 Å². The first-order chi connectivity index (χ1) is 19.9. The van der Waals surface area contributed by atoms with E-state index in [0.717, 1.165) is 26.2 Å². The first-order valence-electron chi connectivity index (χ1n) is 13.4. The van der Waals surface area contributed by atoms with E-state index in [9.17, 15) is 40.0 Å². The lowest BCUT2D eigenvalue weighted by Gasteiger charge is -2.28. The highest BCUT2D eigenvalue weighted by Crippen LogP contribution is 2.43. The van der Waals surface area contributed by atoms with E-state index in [1.807, 2.05) is 0 Å². The Balaban J connectivity index is 1.77. The standard InChI is InChI=1S/C27H33ClF5N3O6S/c1-5-36-22(18-11-6-15(12-19(18)42-25(29)30)13-26(2,3)27(31,32)33)20(28)21(35-36)23(37)34-14-41-24(38)16-7-9-17(10-8-16)43(4,39)40/h6,11-12,16-17,25H,5,7-10,13-14H2,1-4H3,(H,34,37). The topological polar surface area (TPSA) is 117 Å². The van der Waals surface area contributed by atoms with Gasteiger partial charge in [-0.15, -0.1) is 0 Å². The summed E-state index contributed by atoms with van der Waals surface area (Å²) in [6, 6.07) is 3.67. The van der Waals surface area contributed by atoms with Gasteiger partial charge in [0.25, 0.3) is 5.91 Å². The number of aromatic nitrogens is 2. The maximum Gasteiger partial charge on any atom is 0.394 e. The number of aryl methyl sites for hydroxylation is 1. The summed E-state index contributed by atoms with van der Waals surface area (Å²) in [4.78, 5) is 25.3. The van der Waals surface area contributed by atoms with Crippen molar-refractivity contribution >= 4 is 33.3 Å². The van der Waals surface area contributed by atoms with Crippen LogP contribution in [-0.4, -0.2) is 61.1 Å².